The quantitative estimate of drug-likeness (QED) is 0.705. The van der Waals surface area contributed by atoms with Gasteiger partial charge in [-0.2, -0.15) is 0 Å². The van der Waals surface area contributed by atoms with Crippen molar-refractivity contribution in [3.63, 3.8) is 0 Å². The molecule has 0 atom stereocenters. The van der Waals surface area contributed by atoms with Gasteiger partial charge in [-0.05, 0) is 6.07 Å². The number of benzene rings is 1. The van der Waals surface area contributed by atoms with Crippen LogP contribution in [0.1, 0.15) is 24.2 Å². The fourth-order valence-corrected chi connectivity index (χ4v) is 1.89. The Hall–Kier alpha value is -1.81. The average molecular weight is 245 g/mol. The average Bonchev–Trinajstić information content (AvgIpc) is 2.78. The minimum atomic E-state index is -0.0296. The van der Waals surface area contributed by atoms with Gasteiger partial charge in [-0.3, -0.25) is 4.79 Å². The van der Waals surface area contributed by atoms with Crippen molar-refractivity contribution in [1.29, 1.82) is 0 Å². The highest BCUT2D eigenvalue weighted by molar-refractivity contribution is 6.06. The summed E-state index contributed by atoms with van der Waals surface area (Å²) >= 11 is 0. The third kappa shape index (κ3) is 2.90. The van der Waals surface area contributed by atoms with Crippen LogP contribution in [0.15, 0.2) is 30.5 Å². The van der Waals surface area contributed by atoms with Gasteiger partial charge in [0.15, 0.2) is 0 Å². The minimum absolute atomic E-state index is 0.0296. The largest absolute Gasteiger partial charge is 0.360 e. The molecule has 0 fully saturated rings. The molecule has 0 aliphatic heterocycles. The lowest BCUT2D eigenvalue weighted by atomic mass is 10.1. The van der Waals surface area contributed by atoms with E-state index in [0.717, 1.165) is 17.4 Å². The van der Waals surface area contributed by atoms with Crippen molar-refractivity contribution in [2.45, 2.75) is 19.9 Å². The number of hydrogen-bond donors (Lipinski definition) is 3. The van der Waals surface area contributed by atoms with Gasteiger partial charge in [0.05, 0.1) is 5.56 Å². The van der Waals surface area contributed by atoms with Crippen LogP contribution < -0.4 is 10.6 Å². The molecule has 0 saturated carbocycles. The number of carbonyl (C=O) groups excluding carboxylic acids is 1. The third-order valence-corrected chi connectivity index (χ3v) is 2.80. The zero-order valence-corrected chi connectivity index (χ0v) is 10.8. The Morgan fingerprint density at radius 1 is 1.28 bits per heavy atom. The molecule has 96 valence electrons. The van der Waals surface area contributed by atoms with Crippen LogP contribution in [0.3, 0.4) is 0 Å². The summed E-state index contributed by atoms with van der Waals surface area (Å²) in [5.41, 5.74) is 1.69. The zero-order valence-electron chi connectivity index (χ0n) is 10.8. The van der Waals surface area contributed by atoms with E-state index in [0.29, 0.717) is 18.2 Å². The topological polar surface area (TPSA) is 56.9 Å². The number of rotatable bonds is 5. The maximum absolute atomic E-state index is 12.0. The molecule has 2 rings (SSSR count). The number of aromatic amines is 1. The van der Waals surface area contributed by atoms with Crippen molar-refractivity contribution < 1.29 is 4.79 Å². The van der Waals surface area contributed by atoms with Crippen LogP contribution in [0.25, 0.3) is 10.9 Å². The Bertz CT molecular complexity index is 531. The van der Waals surface area contributed by atoms with Gasteiger partial charge in [-0.15, -0.1) is 0 Å². The van der Waals surface area contributed by atoms with E-state index < -0.39 is 0 Å². The molecule has 4 heteroatoms. The normalized spacial score (nSPS) is 11.1. The second-order valence-corrected chi connectivity index (χ2v) is 4.61. The summed E-state index contributed by atoms with van der Waals surface area (Å²) in [4.78, 5) is 15.1. The number of aromatic nitrogens is 1. The van der Waals surface area contributed by atoms with E-state index in [9.17, 15) is 4.79 Å². The van der Waals surface area contributed by atoms with Gasteiger partial charge in [-0.1, -0.05) is 32.0 Å². The summed E-state index contributed by atoms with van der Waals surface area (Å²) in [6.07, 6.45) is 1.76. The Morgan fingerprint density at radius 3 is 2.83 bits per heavy atom. The molecule has 0 aliphatic rings. The van der Waals surface area contributed by atoms with Crippen LogP contribution in [-0.2, 0) is 0 Å². The maximum Gasteiger partial charge on any atom is 0.253 e. The number of carbonyl (C=O) groups is 1. The van der Waals surface area contributed by atoms with Crippen LogP contribution in [0.4, 0.5) is 0 Å². The van der Waals surface area contributed by atoms with Gasteiger partial charge < -0.3 is 15.6 Å². The van der Waals surface area contributed by atoms with Crippen LogP contribution >= 0.6 is 0 Å². The first-order valence-electron chi connectivity index (χ1n) is 6.26. The van der Waals surface area contributed by atoms with Gasteiger partial charge in [0, 0.05) is 36.2 Å². The molecule has 3 N–H and O–H groups in total. The second-order valence-electron chi connectivity index (χ2n) is 4.61. The number of fused-ring (bicyclic) bond motifs is 1. The molecule has 4 nitrogen and oxygen atoms in total. The van der Waals surface area contributed by atoms with E-state index in [1.807, 2.05) is 24.3 Å². The fraction of sp³-hybridized carbons (Fsp3) is 0.357. The van der Waals surface area contributed by atoms with Crippen LogP contribution in [0, 0.1) is 0 Å². The van der Waals surface area contributed by atoms with E-state index in [4.69, 9.17) is 0 Å². The number of H-pyrrole nitrogens is 1. The molecule has 0 unspecified atom stereocenters. The highest BCUT2D eigenvalue weighted by Gasteiger charge is 2.10. The first-order chi connectivity index (χ1) is 8.68. The molecule has 1 aromatic heterocycles. The molecule has 1 heterocycles. The molecule has 0 radical (unpaired) electrons. The predicted molar refractivity (Wildman–Crippen MR) is 73.8 cm³/mol. The lowest BCUT2D eigenvalue weighted by Gasteiger charge is -2.08. The first kappa shape index (κ1) is 12.6. The van der Waals surface area contributed by atoms with Crippen LogP contribution in [-0.4, -0.2) is 30.0 Å². The Balaban J connectivity index is 1.97. The highest BCUT2D eigenvalue weighted by Crippen LogP contribution is 2.17. The summed E-state index contributed by atoms with van der Waals surface area (Å²) in [5, 5.41) is 7.14. The molecule has 18 heavy (non-hydrogen) atoms. The van der Waals surface area contributed by atoms with Crippen molar-refractivity contribution in [1.82, 2.24) is 15.6 Å². The maximum atomic E-state index is 12.0. The Morgan fingerprint density at radius 2 is 2.06 bits per heavy atom. The fourth-order valence-electron chi connectivity index (χ4n) is 1.89. The van der Waals surface area contributed by atoms with E-state index >= 15 is 0 Å². The van der Waals surface area contributed by atoms with Crippen molar-refractivity contribution in [3.05, 3.63) is 36.0 Å². The van der Waals surface area contributed by atoms with Crippen molar-refractivity contribution in [3.8, 4) is 0 Å². The van der Waals surface area contributed by atoms with E-state index in [2.05, 4.69) is 29.5 Å². The van der Waals surface area contributed by atoms with Gasteiger partial charge in [-0.25, -0.2) is 0 Å². The van der Waals surface area contributed by atoms with Gasteiger partial charge in [0.1, 0.15) is 0 Å². The minimum Gasteiger partial charge on any atom is -0.360 e. The Kier molecular flexibility index (Phi) is 3.99. The van der Waals surface area contributed by atoms with E-state index in [1.165, 1.54) is 0 Å². The van der Waals surface area contributed by atoms with Crippen LogP contribution in [0.5, 0.6) is 0 Å². The summed E-state index contributed by atoms with van der Waals surface area (Å²) in [7, 11) is 0. The summed E-state index contributed by atoms with van der Waals surface area (Å²) in [6.45, 7) is 5.59. The lowest BCUT2D eigenvalue weighted by molar-refractivity contribution is 0.0955. The molecule has 0 saturated heterocycles. The number of nitrogens with one attached hydrogen (secondary N) is 3. The van der Waals surface area contributed by atoms with Crippen molar-refractivity contribution in [2.24, 2.45) is 0 Å². The molecule has 0 bridgehead atoms. The molecule has 0 spiro atoms. The SMILES string of the molecule is CC(C)NCCNC(=O)c1c[nH]c2ccccc12. The predicted octanol–water partition coefficient (Wildman–Crippen LogP) is 1.90. The monoisotopic (exact) mass is 245 g/mol. The molecule has 1 aromatic carbocycles. The smallest absolute Gasteiger partial charge is 0.253 e. The van der Waals surface area contributed by atoms with Gasteiger partial charge >= 0.3 is 0 Å². The van der Waals surface area contributed by atoms with Crippen molar-refractivity contribution >= 4 is 16.8 Å². The first-order valence-corrected chi connectivity index (χ1v) is 6.26. The standard InChI is InChI=1S/C14H19N3O/c1-10(2)15-7-8-16-14(18)12-9-17-13-6-4-3-5-11(12)13/h3-6,9-10,15,17H,7-8H2,1-2H3,(H,16,18). The summed E-state index contributed by atoms with van der Waals surface area (Å²) in [5.74, 6) is -0.0296. The van der Waals surface area contributed by atoms with Gasteiger partial charge in [0.2, 0.25) is 0 Å². The molecule has 1 amide bonds. The number of amides is 1. The summed E-state index contributed by atoms with van der Waals surface area (Å²) in [6, 6.07) is 8.25. The van der Waals surface area contributed by atoms with E-state index in [-0.39, 0.29) is 5.91 Å². The molecule has 0 aliphatic carbocycles. The van der Waals surface area contributed by atoms with Crippen molar-refractivity contribution in [2.75, 3.05) is 13.1 Å². The zero-order chi connectivity index (χ0) is 13.0. The molecular formula is C14H19N3O. The van der Waals surface area contributed by atoms with E-state index in [1.54, 1.807) is 6.20 Å². The molecular weight excluding hydrogens is 226 g/mol. The number of hydrogen-bond acceptors (Lipinski definition) is 2. The highest BCUT2D eigenvalue weighted by atomic mass is 16.1. The summed E-state index contributed by atoms with van der Waals surface area (Å²) < 4.78 is 0. The molecule has 2 aromatic rings. The van der Waals surface area contributed by atoms with Crippen LogP contribution in [0.2, 0.25) is 0 Å². The number of para-hydroxylation sites is 1. The Labute approximate surface area is 107 Å². The second kappa shape index (κ2) is 5.69. The third-order valence-electron chi connectivity index (χ3n) is 2.80. The van der Waals surface area contributed by atoms with Gasteiger partial charge in [0.25, 0.3) is 5.91 Å². The lowest BCUT2D eigenvalue weighted by Crippen LogP contribution is -2.34.